The van der Waals surface area contributed by atoms with E-state index in [0.29, 0.717) is 19.6 Å². The molecule has 3 aromatic rings. The number of benzene rings is 1. The maximum Gasteiger partial charge on any atom is 0.208 e. The lowest BCUT2D eigenvalue weighted by atomic mass is 10.3. The van der Waals surface area contributed by atoms with Crippen LogP contribution in [0.2, 0.25) is 0 Å². The van der Waals surface area contributed by atoms with Gasteiger partial charge in [0, 0.05) is 16.8 Å². The van der Waals surface area contributed by atoms with Crippen LogP contribution in [0.25, 0.3) is 10.6 Å². The Morgan fingerprint density at radius 2 is 1.96 bits per heavy atom. The quantitative estimate of drug-likeness (QED) is 0.634. The smallest absolute Gasteiger partial charge is 0.208 e. The summed E-state index contributed by atoms with van der Waals surface area (Å²) in [6.07, 6.45) is 1.84. The highest BCUT2D eigenvalue weighted by atomic mass is 32.2. The van der Waals surface area contributed by atoms with Crippen molar-refractivity contribution in [3.63, 3.8) is 0 Å². The van der Waals surface area contributed by atoms with Crippen LogP contribution in [0, 0.1) is 0 Å². The molecule has 2 heterocycles. The number of ether oxygens (including phenoxy) is 1. The fraction of sp³-hybridized carbons (Fsp3) is 0.235. The standard InChI is InChI=1S/C17H18N2O3S3/c1-25(20,21)18-10-9-14-7-8-16(24-14)15-12-23-17(19-15)11-22-13-5-3-2-4-6-13/h2-8,12,18H,9-11H2,1H3. The Balaban J connectivity index is 1.57. The van der Waals surface area contributed by atoms with Crippen molar-refractivity contribution in [1.82, 2.24) is 9.71 Å². The van der Waals surface area contributed by atoms with E-state index in [1.54, 1.807) is 22.7 Å². The molecule has 0 aliphatic rings. The zero-order chi connectivity index (χ0) is 17.7. The number of thiophene rings is 1. The molecule has 1 aromatic carbocycles. The molecule has 5 nitrogen and oxygen atoms in total. The van der Waals surface area contributed by atoms with E-state index in [2.05, 4.69) is 9.71 Å². The SMILES string of the molecule is CS(=O)(=O)NCCc1ccc(-c2csc(COc3ccccc3)n2)s1. The lowest BCUT2D eigenvalue weighted by Gasteiger charge is -2.02. The summed E-state index contributed by atoms with van der Waals surface area (Å²) in [5.74, 6) is 0.830. The van der Waals surface area contributed by atoms with Crippen LogP contribution in [0.5, 0.6) is 5.75 Å². The van der Waals surface area contributed by atoms with Gasteiger partial charge in [-0.05, 0) is 30.7 Å². The fourth-order valence-corrected chi connectivity index (χ4v) is 4.38. The van der Waals surface area contributed by atoms with E-state index in [1.807, 2.05) is 47.8 Å². The molecule has 3 rings (SSSR count). The summed E-state index contributed by atoms with van der Waals surface area (Å²) in [6, 6.07) is 13.7. The first kappa shape index (κ1) is 18.1. The zero-order valence-electron chi connectivity index (χ0n) is 13.6. The van der Waals surface area contributed by atoms with Crippen molar-refractivity contribution in [2.75, 3.05) is 12.8 Å². The van der Waals surface area contributed by atoms with Gasteiger partial charge in [0.15, 0.2) is 0 Å². The first-order valence-corrected chi connectivity index (χ1v) is 11.2. The lowest BCUT2D eigenvalue weighted by Crippen LogP contribution is -2.23. The van der Waals surface area contributed by atoms with Crippen LogP contribution in [0.3, 0.4) is 0 Å². The van der Waals surface area contributed by atoms with E-state index in [1.165, 1.54) is 6.26 Å². The molecule has 0 aliphatic heterocycles. The fourth-order valence-electron chi connectivity index (χ4n) is 2.16. The van der Waals surface area contributed by atoms with Crippen molar-refractivity contribution >= 4 is 32.7 Å². The van der Waals surface area contributed by atoms with Crippen LogP contribution in [0.15, 0.2) is 47.8 Å². The van der Waals surface area contributed by atoms with Gasteiger partial charge in [-0.3, -0.25) is 0 Å². The van der Waals surface area contributed by atoms with E-state index < -0.39 is 10.0 Å². The van der Waals surface area contributed by atoms with Gasteiger partial charge in [-0.25, -0.2) is 18.1 Å². The van der Waals surface area contributed by atoms with Crippen LogP contribution in [-0.4, -0.2) is 26.2 Å². The summed E-state index contributed by atoms with van der Waals surface area (Å²) in [6.45, 7) is 0.858. The first-order chi connectivity index (χ1) is 12.0. The molecule has 0 unspecified atom stereocenters. The third-order valence-corrected chi connectivity index (χ3v) is 6.03. The highest BCUT2D eigenvalue weighted by Gasteiger charge is 2.09. The molecule has 1 N–H and O–H groups in total. The Hall–Kier alpha value is -1.74. The summed E-state index contributed by atoms with van der Waals surface area (Å²) < 4.78 is 30.4. The molecule has 2 aromatic heterocycles. The summed E-state index contributed by atoms with van der Waals surface area (Å²) in [5.41, 5.74) is 0.934. The number of rotatable bonds is 8. The molecule has 132 valence electrons. The third-order valence-electron chi connectivity index (χ3n) is 3.31. The molecule has 0 saturated heterocycles. The number of para-hydroxylation sites is 1. The van der Waals surface area contributed by atoms with Gasteiger partial charge in [0.05, 0.1) is 16.8 Å². The van der Waals surface area contributed by atoms with Crippen LogP contribution < -0.4 is 9.46 Å². The summed E-state index contributed by atoms with van der Waals surface area (Å²) >= 11 is 3.21. The van der Waals surface area contributed by atoms with Crippen LogP contribution >= 0.6 is 22.7 Å². The average Bonchev–Trinajstić information content (AvgIpc) is 3.22. The Kier molecular flexibility index (Phi) is 5.85. The summed E-state index contributed by atoms with van der Waals surface area (Å²) in [4.78, 5) is 6.83. The Bertz CT molecular complexity index is 918. The maximum absolute atomic E-state index is 11.1. The van der Waals surface area contributed by atoms with Gasteiger partial charge in [-0.15, -0.1) is 22.7 Å². The normalized spacial score (nSPS) is 11.6. The summed E-state index contributed by atoms with van der Waals surface area (Å²) in [7, 11) is -3.14. The molecule has 25 heavy (non-hydrogen) atoms. The molecule has 0 radical (unpaired) electrons. The van der Waals surface area contributed by atoms with Crippen molar-refractivity contribution in [3.05, 3.63) is 57.7 Å². The second-order valence-electron chi connectivity index (χ2n) is 5.41. The van der Waals surface area contributed by atoms with Gasteiger partial charge in [-0.2, -0.15) is 0 Å². The molecule has 0 fully saturated rings. The number of thiazole rings is 1. The number of hydrogen-bond acceptors (Lipinski definition) is 6. The van der Waals surface area contributed by atoms with Crippen LogP contribution in [0.4, 0.5) is 0 Å². The molecule has 0 bridgehead atoms. The second kappa shape index (κ2) is 8.09. The van der Waals surface area contributed by atoms with Crippen molar-refractivity contribution in [2.24, 2.45) is 0 Å². The average molecular weight is 395 g/mol. The van der Waals surface area contributed by atoms with Crippen LogP contribution in [-0.2, 0) is 23.1 Å². The highest BCUT2D eigenvalue weighted by Crippen LogP contribution is 2.29. The Morgan fingerprint density at radius 3 is 2.72 bits per heavy atom. The topological polar surface area (TPSA) is 68.3 Å². The van der Waals surface area contributed by atoms with Crippen molar-refractivity contribution in [1.29, 1.82) is 0 Å². The molecule has 0 aliphatic carbocycles. The minimum absolute atomic E-state index is 0.409. The number of aromatic nitrogens is 1. The lowest BCUT2D eigenvalue weighted by molar-refractivity contribution is 0.305. The van der Waals surface area contributed by atoms with E-state index in [-0.39, 0.29) is 0 Å². The minimum atomic E-state index is -3.14. The van der Waals surface area contributed by atoms with E-state index in [4.69, 9.17) is 4.74 Å². The molecule has 0 saturated carbocycles. The number of nitrogens with one attached hydrogen (secondary N) is 1. The highest BCUT2D eigenvalue weighted by molar-refractivity contribution is 7.88. The van der Waals surface area contributed by atoms with Crippen molar-refractivity contribution in [3.8, 4) is 16.3 Å². The third kappa shape index (κ3) is 5.64. The monoisotopic (exact) mass is 394 g/mol. The number of hydrogen-bond donors (Lipinski definition) is 1. The van der Waals surface area contributed by atoms with Gasteiger partial charge in [0.2, 0.25) is 10.0 Å². The van der Waals surface area contributed by atoms with Gasteiger partial charge >= 0.3 is 0 Å². The Labute approximate surface area is 155 Å². The van der Waals surface area contributed by atoms with Gasteiger partial charge in [0.25, 0.3) is 0 Å². The predicted octanol–water partition coefficient (Wildman–Crippen LogP) is 3.54. The molecular weight excluding hydrogens is 376 g/mol. The van der Waals surface area contributed by atoms with E-state index in [9.17, 15) is 8.42 Å². The molecule has 8 heteroatoms. The van der Waals surface area contributed by atoms with E-state index in [0.717, 1.165) is 26.2 Å². The molecular formula is C17H18N2O3S3. The van der Waals surface area contributed by atoms with E-state index >= 15 is 0 Å². The molecule has 0 amide bonds. The van der Waals surface area contributed by atoms with Crippen LogP contribution in [0.1, 0.15) is 9.88 Å². The molecule has 0 atom stereocenters. The largest absolute Gasteiger partial charge is 0.486 e. The van der Waals surface area contributed by atoms with Gasteiger partial charge in [0.1, 0.15) is 17.4 Å². The van der Waals surface area contributed by atoms with Crippen molar-refractivity contribution in [2.45, 2.75) is 13.0 Å². The minimum Gasteiger partial charge on any atom is -0.486 e. The number of sulfonamides is 1. The summed E-state index contributed by atoms with van der Waals surface area (Å²) in [5, 5.41) is 2.95. The first-order valence-electron chi connectivity index (χ1n) is 7.65. The number of nitrogens with zero attached hydrogens (tertiary/aromatic N) is 1. The van der Waals surface area contributed by atoms with Crippen molar-refractivity contribution < 1.29 is 13.2 Å². The second-order valence-corrected chi connectivity index (χ2v) is 9.35. The predicted molar refractivity (Wildman–Crippen MR) is 103 cm³/mol. The Morgan fingerprint density at radius 1 is 1.16 bits per heavy atom. The van der Waals surface area contributed by atoms with Gasteiger partial charge < -0.3 is 4.74 Å². The maximum atomic E-state index is 11.1. The zero-order valence-corrected chi connectivity index (χ0v) is 16.1. The molecule has 0 spiro atoms. The van der Waals surface area contributed by atoms with Gasteiger partial charge in [-0.1, -0.05) is 18.2 Å².